The molecule has 0 unspecified atom stereocenters. The van der Waals surface area contributed by atoms with Crippen molar-refractivity contribution in [2.45, 2.75) is 26.4 Å². The number of carbonyl (C=O) groups is 2. The van der Waals surface area contributed by atoms with Crippen molar-refractivity contribution < 1.29 is 22.8 Å². The van der Waals surface area contributed by atoms with Crippen molar-refractivity contribution in [3.63, 3.8) is 0 Å². The van der Waals surface area contributed by atoms with E-state index in [1.807, 2.05) is 0 Å². The van der Waals surface area contributed by atoms with Crippen LogP contribution in [0.3, 0.4) is 0 Å². The van der Waals surface area contributed by atoms with Crippen LogP contribution in [0.25, 0.3) is 11.1 Å². The van der Waals surface area contributed by atoms with E-state index in [1.165, 1.54) is 13.0 Å². The van der Waals surface area contributed by atoms with Crippen LogP contribution in [0.15, 0.2) is 24.3 Å². The van der Waals surface area contributed by atoms with Gasteiger partial charge < -0.3 is 0 Å². The molecule has 0 saturated carbocycles. The van der Waals surface area contributed by atoms with Crippen molar-refractivity contribution in [1.82, 2.24) is 0 Å². The van der Waals surface area contributed by atoms with E-state index in [4.69, 9.17) is 11.6 Å². The van der Waals surface area contributed by atoms with Gasteiger partial charge in [-0.15, -0.1) is 11.3 Å². The fraction of sp³-hybridized carbons (Fsp3) is 0.250. The number of rotatable bonds is 4. The highest BCUT2D eigenvalue weighted by Gasteiger charge is 2.32. The molecule has 0 saturated heterocycles. The molecule has 0 spiro atoms. The molecule has 0 amide bonds. The summed E-state index contributed by atoms with van der Waals surface area (Å²) in [4.78, 5) is 23.8. The summed E-state index contributed by atoms with van der Waals surface area (Å²) in [5, 5.41) is 0. The number of thiophene rings is 1. The summed E-state index contributed by atoms with van der Waals surface area (Å²) in [6.07, 6.45) is -4.38. The van der Waals surface area contributed by atoms with Crippen LogP contribution in [0.2, 0.25) is 4.34 Å². The number of hydrogen-bond donors (Lipinski definition) is 0. The Morgan fingerprint density at radius 1 is 1.17 bits per heavy atom. The zero-order valence-corrected chi connectivity index (χ0v) is 13.8. The van der Waals surface area contributed by atoms with Gasteiger partial charge in [0.05, 0.1) is 10.4 Å². The summed E-state index contributed by atoms with van der Waals surface area (Å²) in [6.45, 7) is 2.97. The van der Waals surface area contributed by atoms with Crippen LogP contribution < -0.4 is 0 Å². The maximum absolute atomic E-state index is 13.0. The minimum atomic E-state index is -4.53. The minimum Gasteiger partial charge on any atom is -0.294 e. The van der Waals surface area contributed by atoms with Gasteiger partial charge in [0.25, 0.3) is 0 Å². The fourth-order valence-electron chi connectivity index (χ4n) is 2.10. The van der Waals surface area contributed by atoms with Gasteiger partial charge in [0.1, 0.15) is 4.34 Å². The number of Topliss-reactive ketones (excluding diaryl/α,β-unsaturated/α-hetero) is 2. The van der Waals surface area contributed by atoms with Gasteiger partial charge in [0, 0.05) is 17.5 Å². The third kappa shape index (κ3) is 3.64. The smallest absolute Gasteiger partial charge is 0.294 e. The van der Waals surface area contributed by atoms with E-state index in [1.54, 1.807) is 6.92 Å². The number of benzene rings is 1. The minimum absolute atomic E-state index is 0.0976. The molecule has 7 heteroatoms. The predicted octanol–water partition coefficient (Wildman–Crippen LogP) is 5.88. The lowest BCUT2D eigenvalue weighted by atomic mass is 9.95. The molecule has 1 heterocycles. The zero-order chi connectivity index (χ0) is 17.4. The van der Waals surface area contributed by atoms with E-state index in [9.17, 15) is 22.8 Å². The second-order valence-corrected chi connectivity index (χ2v) is 6.54. The van der Waals surface area contributed by atoms with Crippen LogP contribution in [0, 0.1) is 0 Å². The molecule has 2 nitrogen and oxygen atoms in total. The average Bonchev–Trinajstić information content (AvgIpc) is 2.87. The molecule has 1 aromatic carbocycles. The number of ketones is 2. The Kier molecular flexibility index (Phi) is 4.96. The second kappa shape index (κ2) is 6.45. The van der Waals surface area contributed by atoms with Gasteiger partial charge in [-0.1, -0.05) is 24.6 Å². The Labute approximate surface area is 139 Å². The maximum atomic E-state index is 13.0. The SMILES string of the molecule is CCC(=O)c1ccc(C(F)(F)F)cc1-c1cc(C(C)=O)sc1Cl. The summed E-state index contributed by atoms with van der Waals surface area (Å²) in [5.41, 5.74) is -0.340. The Hall–Kier alpha value is -1.66. The predicted molar refractivity (Wildman–Crippen MR) is 84.4 cm³/mol. The molecule has 0 atom stereocenters. The zero-order valence-electron chi connectivity index (χ0n) is 12.3. The van der Waals surface area contributed by atoms with E-state index in [-0.39, 0.29) is 39.0 Å². The van der Waals surface area contributed by atoms with Gasteiger partial charge >= 0.3 is 6.18 Å². The summed E-state index contributed by atoms with van der Waals surface area (Å²) < 4.78 is 39.1. The van der Waals surface area contributed by atoms with E-state index >= 15 is 0 Å². The first-order chi connectivity index (χ1) is 10.6. The summed E-state index contributed by atoms with van der Waals surface area (Å²) in [6, 6.07) is 4.36. The number of carbonyl (C=O) groups excluding carboxylic acids is 2. The molecule has 0 radical (unpaired) electrons. The highest BCUT2D eigenvalue weighted by molar-refractivity contribution is 7.18. The van der Waals surface area contributed by atoms with E-state index < -0.39 is 11.7 Å². The van der Waals surface area contributed by atoms with E-state index in [2.05, 4.69) is 0 Å². The lowest BCUT2D eigenvalue weighted by Crippen LogP contribution is -2.07. The largest absolute Gasteiger partial charge is 0.416 e. The third-order valence-electron chi connectivity index (χ3n) is 3.29. The van der Waals surface area contributed by atoms with Crippen LogP contribution in [0.5, 0.6) is 0 Å². The molecular weight excluding hydrogens is 349 g/mol. The molecule has 0 aliphatic carbocycles. The molecule has 122 valence electrons. The van der Waals surface area contributed by atoms with Gasteiger partial charge in [-0.25, -0.2) is 0 Å². The summed E-state index contributed by atoms with van der Waals surface area (Å²) in [7, 11) is 0. The van der Waals surface area contributed by atoms with E-state index in [0.717, 1.165) is 29.5 Å². The van der Waals surface area contributed by atoms with Crippen LogP contribution in [-0.2, 0) is 6.18 Å². The molecular formula is C16H12ClF3O2S. The topological polar surface area (TPSA) is 34.1 Å². The number of hydrogen-bond acceptors (Lipinski definition) is 3. The molecule has 1 aromatic heterocycles. The Morgan fingerprint density at radius 2 is 1.83 bits per heavy atom. The van der Waals surface area contributed by atoms with Crippen molar-refractivity contribution in [3.8, 4) is 11.1 Å². The Balaban J connectivity index is 2.71. The third-order valence-corrected chi connectivity index (χ3v) is 4.75. The maximum Gasteiger partial charge on any atom is 0.416 e. The van der Waals surface area contributed by atoms with Crippen molar-refractivity contribution in [1.29, 1.82) is 0 Å². The lowest BCUT2D eigenvalue weighted by molar-refractivity contribution is -0.137. The average molecular weight is 361 g/mol. The quantitative estimate of drug-likeness (QED) is 0.638. The molecule has 0 aliphatic rings. The second-order valence-electron chi connectivity index (χ2n) is 4.89. The van der Waals surface area contributed by atoms with Gasteiger partial charge in [0.2, 0.25) is 0 Å². The van der Waals surface area contributed by atoms with Crippen molar-refractivity contribution >= 4 is 34.5 Å². The normalized spacial score (nSPS) is 11.6. The first kappa shape index (κ1) is 17.7. The molecule has 0 aliphatic heterocycles. The Morgan fingerprint density at radius 3 is 2.30 bits per heavy atom. The standard InChI is InChI=1S/C16H12ClF3O2S/c1-3-13(22)10-5-4-9(16(18,19)20)6-11(10)12-7-14(8(2)21)23-15(12)17/h4-7H,3H2,1-2H3. The Bertz CT molecular complexity index is 778. The molecule has 0 bridgehead atoms. The van der Waals surface area contributed by atoms with Gasteiger partial charge in [-0.3, -0.25) is 9.59 Å². The van der Waals surface area contributed by atoms with Crippen molar-refractivity contribution in [2.75, 3.05) is 0 Å². The summed E-state index contributed by atoms with van der Waals surface area (Å²) in [5.74, 6) is -0.529. The highest BCUT2D eigenvalue weighted by atomic mass is 35.5. The van der Waals surface area contributed by atoms with Crippen molar-refractivity contribution in [3.05, 3.63) is 44.6 Å². The van der Waals surface area contributed by atoms with E-state index in [0.29, 0.717) is 4.88 Å². The first-order valence-electron chi connectivity index (χ1n) is 6.70. The highest BCUT2D eigenvalue weighted by Crippen LogP contribution is 2.40. The monoisotopic (exact) mass is 360 g/mol. The number of halogens is 4. The van der Waals surface area contributed by atoms with Gasteiger partial charge in [0.15, 0.2) is 11.6 Å². The number of alkyl halides is 3. The van der Waals surface area contributed by atoms with Crippen LogP contribution in [-0.4, -0.2) is 11.6 Å². The van der Waals surface area contributed by atoms with Crippen LogP contribution in [0.1, 0.15) is 45.9 Å². The molecule has 2 rings (SSSR count). The molecule has 0 N–H and O–H groups in total. The van der Waals surface area contributed by atoms with Crippen molar-refractivity contribution in [2.24, 2.45) is 0 Å². The van der Waals surface area contributed by atoms with Crippen LogP contribution in [0.4, 0.5) is 13.2 Å². The molecule has 0 fully saturated rings. The molecule has 2 aromatic rings. The van der Waals surface area contributed by atoms with Gasteiger partial charge in [-0.05, 0) is 30.7 Å². The van der Waals surface area contributed by atoms with Gasteiger partial charge in [-0.2, -0.15) is 13.2 Å². The summed E-state index contributed by atoms with van der Waals surface area (Å²) >= 11 is 7.07. The molecule has 23 heavy (non-hydrogen) atoms. The first-order valence-corrected chi connectivity index (χ1v) is 7.89. The van der Waals surface area contributed by atoms with Crippen LogP contribution >= 0.6 is 22.9 Å². The fourth-order valence-corrected chi connectivity index (χ4v) is 3.30. The lowest BCUT2D eigenvalue weighted by Gasteiger charge is -2.12.